The second-order valence-corrected chi connectivity index (χ2v) is 5.32. The molecule has 0 atom stereocenters. The molecule has 0 bridgehead atoms. The second-order valence-electron chi connectivity index (χ2n) is 5.32. The first-order chi connectivity index (χ1) is 10.4. The number of benzene rings is 2. The average molecular weight is 269 g/mol. The quantitative estimate of drug-likeness (QED) is 0.648. The third kappa shape index (κ3) is 2.27. The van der Waals surface area contributed by atoms with Crippen LogP contribution in [0.15, 0.2) is 72.8 Å². The monoisotopic (exact) mass is 269 g/mol. The van der Waals surface area contributed by atoms with E-state index in [0.29, 0.717) is 0 Å². The zero-order valence-corrected chi connectivity index (χ0v) is 11.7. The standard InChI is InChI=1S/C20H15N/c1-3-7-15(8-4-1)18-13-17-11-12-19(21-20(17)14-18)16-9-5-2-6-10-16/h1-12,14H,13H2. The summed E-state index contributed by atoms with van der Waals surface area (Å²) >= 11 is 0. The summed E-state index contributed by atoms with van der Waals surface area (Å²) in [5.74, 6) is 0. The van der Waals surface area contributed by atoms with Crippen LogP contribution < -0.4 is 0 Å². The van der Waals surface area contributed by atoms with E-state index >= 15 is 0 Å². The molecule has 1 nitrogen and oxygen atoms in total. The van der Waals surface area contributed by atoms with E-state index in [1.807, 2.05) is 6.07 Å². The van der Waals surface area contributed by atoms with Crippen molar-refractivity contribution in [2.24, 2.45) is 0 Å². The number of rotatable bonds is 2. The molecule has 4 rings (SSSR count). The van der Waals surface area contributed by atoms with Gasteiger partial charge >= 0.3 is 0 Å². The molecule has 3 aromatic rings. The van der Waals surface area contributed by atoms with Gasteiger partial charge in [-0.15, -0.1) is 0 Å². The van der Waals surface area contributed by atoms with Gasteiger partial charge < -0.3 is 0 Å². The molecule has 0 fully saturated rings. The van der Waals surface area contributed by atoms with Crippen LogP contribution in [0.5, 0.6) is 0 Å². The molecule has 1 heteroatoms. The number of hydrogen-bond donors (Lipinski definition) is 0. The highest BCUT2D eigenvalue weighted by atomic mass is 14.7. The average Bonchev–Trinajstić information content (AvgIpc) is 2.99. The van der Waals surface area contributed by atoms with Crippen LogP contribution in [0.25, 0.3) is 22.9 Å². The van der Waals surface area contributed by atoms with Crippen molar-refractivity contribution in [1.82, 2.24) is 4.98 Å². The van der Waals surface area contributed by atoms with E-state index in [1.165, 1.54) is 22.3 Å². The van der Waals surface area contributed by atoms with Gasteiger partial charge in [-0.1, -0.05) is 66.7 Å². The minimum atomic E-state index is 0.974. The van der Waals surface area contributed by atoms with Gasteiger partial charge in [0.1, 0.15) is 0 Å². The number of hydrogen-bond acceptors (Lipinski definition) is 1. The Balaban J connectivity index is 1.73. The summed E-state index contributed by atoms with van der Waals surface area (Å²) < 4.78 is 0. The Morgan fingerprint density at radius 1 is 0.667 bits per heavy atom. The largest absolute Gasteiger partial charge is 0.248 e. The first kappa shape index (κ1) is 12.1. The van der Waals surface area contributed by atoms with Crippen molar-refractivity contribution >= 4 is 11.6 Å². The van der Waals surface area contributed by atoms with E-state index in [1.54, 1.807) is 0 Å². The topological polar surface area (TPSA) is 12.9 Å². The van der Waals surface area contributed by atoms with Gasteiger partial charge in [0.15, 0.2) is 0 Å². The van der Waals surface area contributed by atoms with E-state index in [2.05, 4.69) is 72.8 Å². The van der Waals surface area contributed by atoms with E-state index < -0.39 is 0 Å². The molecule has 1 aliphatic carbocycles. The number of nitrogens with zero attached hydrogens (tertiary/aromatic N) is 1. The van der Waals surface area contributed by atoms with E-state index in [-0.39, 0.29) is 0 Å². The molecule has 0 saturated carbocycles. The van der Waals surface area contributed by atoms with Gasteiger partial charge in [-0.25, -0.2) is 4.98 Å². The van der Waals surface area contributed by atoms with Crippen molar-refractivity contribution in [3.05, 3.63) is 89.6 Å². The van der Waals surface area contributed by atoms with Crippen molar-refractivity contribution < 1.29 is 0 Å². The Bertz CT molecular complexity index is 802. The van der Waals surface area contributed by atoms with Crippen molar-refractivity contribution in [3.63, 3.8) is 0 Å². The first-order valence-electron chi connectivity index (χ1n) is 7.21. The third-order valence-corrected chi connectivity index (χ3v) is 3.92. The fourth-order valence-corrected chi connectivity index (χ4v) is 2.81. The van der Waals surface area contributed by atoms with Crippen LogP contribution in [-0.4, -0.2) is 4.98 Å². The highest BCUT2D eigenvalue weighted by Gasteiger charge is 2.15. The predicted molar refractivity (Wildman–Crippen MR) is 87.7 cm³/mol. The normalized spacial score (nSPS) is 12.9. The fourth-order valence-electron chi connectivity index (χ4n) is 2.81. The van der Waals surface area contributed by atoms with E-state index in [9.17, 15) is 0 Å². The summed E-state index contributed by atoms with van der Waals surface area (Å²) in [5.41, 5.74) is 7.27. The molecular formula is C20H15N. The van der Waals surface area contributed by atoms with Crippen LogP contribution in [0.2, 0.25) is 0 Å². The third-order valence-electron chi connectivity index (χ3n) is 3.92. The molecule has 0 spiro atoms. The molecule has 0 radical (unpaired) electrons. The van der Waals surface area contributed by atoms with Crippen LogP contribution in [0, 0.1) is 0 Å². The lowest BCUT2D eigenvalue weighted by Gasteiger charge is -2.03. The highest BCUT2D eigenvalue weighted by molar-refractivity contribution is 5.87. The van der Waals surface area contributed by atoms with Crippen LogP contribution in [0.4, 0.5) is 0 Å². The van der Waals surface area contributed by atoms with E-state index in [0.717, 1.165) is 17.8 Å². The molecule has 21 heavy (non-hydrogen) atoms. The Morgan fingerprint density at radius 3 is 2.05 bits per heavy atom. The fraction of sp³-hybridized carbons (Fsp3) is 0.0500. The lowest BCUT2D eigenvalue weighted by Crippen LogP contribution is -1.90. The lowest BCUT2D eigenvalue weighted by molar-refractivity contribution is 1.22. The molecule has 1 aliphatic rings. The van der Waals surface area contributed by atoms with Crippen molar-refractivity contribution in [2.45, 2.75) is 6.42 Å². The zero-order chi connectivity index (χ0) is 14.1. The first-order valence-corrected chi connectivity index (χ1v) is 7.21. The minimum absolute atomic E-state index is 0.974. The Kier molecular flexibility index (Phi) is 2.89. The maximum atomic E-state index is 4.82. The van der Waals surface area contributed by atoms with Crippen LogP contribution in [0.3, 0.4) is 0 Å². The van der Waals surface area contributed by atoms with Crippen molar-refractivity contribution in [3.8, 4) is 11.3 Å². The SMILES string of the molecule is C1=C(c2ccccc2)Cc2ccc(-c3ccccc3)nc21. The molecule has 0 saturated heterocycles. The maximum Gasteiger partial charge on any atom is 0.0709 e. The summed E-state index contributed by atoms with van der Waals surface area (Å²) in [4.78, 5) is 4.82. The molecule has 1 heterocycles. The van der Waals surface area contributed by atoms with Gasteiger partial charge in [-0.05, 0) is 28.8 Å². The maximum absolute atomic E-state index is 4.82. The number of fused-ring (bicyclic) bond motifs is 1. The predicted octanol–water partition coefficient (Wildman–Crippen LogP) is 4.85. The smallest absolute Gasteiger partial charge is 0.0709 e. The van der Waals surface area contributed by atoms with Crippen LogP contribution in [0.1, 0.15) is 16.8 Å². The Labute approximate surface area is 124 Å². The van der Waals surface area contributed by atoms with Crippen LogP contribution in [-0.2, 0) is 6.42 Å². The molecule has 2 aromatic carbocycles. The highest BCUT2D eigenvalue weighted by Crippen LogP contribution is 2.31. The van der Waals surface area contributed by atoms with Gasteiger partial charge in [0.2, 0.25) is 0 Å². The van der Waals surface area contributed by atoms with E-state index in [4.69, 9.17) is 4.98 Å². The van der Waals surface area contributed by atoms with Gasteiger partial charge in [0, 0.05) is 12.0 Å². The van der Waals surface area contributed by atoms with Crippen molar-refractivity contribution in [1.29, 1.82) is 0 Å². The van der Waals surface area contributed by atoms with Crippen LogP contribution >= 0.6 is 0 Å². The minimum Gasteiger partial charge on any atom is -0.248 e. The lowest BCUT2D eigenvalue weighted by atomic mass is 10.0. The van der Waals surface area contributed by atoms with Gasteiger partial charge in [-0.2, -0.15) is 0 Å². The van der Waals surface area contributed by atoms with Gasteiger partial charge in [-0.3, -0.25) is 0 Å². The Hall–Kier alpha value is -2.67. The molecular weight excluding hydrogens is 254 g/mol. The number of pyridine rings is 1. The molecule has 100 valence electrons. The summed E-state index contributed by atoms with van der Waals surface area (Å²) in [6.07, 6.45) is 3.19. The summed E-state index contributed by atoms with van der Waals surface area (Å²) in [6, 6.07) is 25.2. The Morgan fingerprint density at radius 2 is 1.33 bits per heavy atom. The van der Waals surface area contributed by atoms with Crippen molar-refractivity contribution in [2.75, 3.05) is 0 Å². The molecule has 0 unspecified atom stereocenters. The molecule has 0 aliphatic heterocycles. The summed E-state index contributed by atoms with van der Waals surface area (Å²) in [7, 11) is 0. The second kappa shape index (κ2) is 5.02. The number of aromatic nitrogens is 1. The van der Waals surface area contributed by atoms with Gasteiger partial charge in [0.25, 0.3) is 0 Å². The molecule has 0 N–H and O–H groups in total. The summed E-state index contributed by atoms with van der Waals surface area (Å²) in [6.45, 7) is 0. The van der Waals surface area contributed by atoms with Gasteiger partial charge in [0.05, 0.1) is 11.4 Å². The number of allylic oxidation sites excluding steroid dienone is 1. The molecule has 0 amide bonds. The zero-order valence-electron chi connectivity index (χ0n) is 11.7. The molecule has 1 aromatic heterocycles. The summed E-state index contributed by atoms with van der Waals surface area (Å²) in [5, 5.41) is 0.